The van der Waals surface area contributed by atoms with E-state index >= 15 is 0 Å². The van der Waals surface area contributed by atoms with Gasteiger partial charge < -0.3 is 37.2 Å². The third-order valence-electron chi connectivity index (χ3n) is 3.44. The fourth-order valence-corrected chi connectivity index (χ4v) is 2.03. The van der Waals surface area contributed by atoms with Gasteiger partial charge in [-0.1, -0.05) is 13.8 Å². The van der Waals surface area contributed by atoms with Crippen molar-refractivity contribution in [3.63, 3.8) is 0 Å². The number of aliphatic carboxylic acids is 1. The van der Waals surface area contributed by atoms with E-state index in [1.807, 2.05) is 0 Å². The number of carbonyl (C=O) groups excluding carboxylic acids is 4. The number of nitrogens with one attached hydrogen (secondary N) is 4. The van der Waals surface area contributed by atoms with Crippen LogP contribution < -0.4 is 27.0 Å². The van der Waals surface area contributed by atoms with Crippen LogP contribution in [-0.2, 0) is 19.2 Å². The Hall–Kier alpha value is -2.89. The molecule has 0 rings (SSSR count). The molecule has 154 valence electrons. The first kappa shape index (κ1) is 24.1. The van der Waals surface area contributed by atoms with Gasteiger partial charge in [0.2, 0.25) is 17.7 Å². The van der Waals surface area contributed by atoms with Crippen LogP contribution in [0.4, 0.5) is 4.79 Å². The maximum atomic E-state index is 12.4. The van der Waals surface area contributed by atoms with Crippen LogP contribution in [0.2, 0.25) is 0 Å². The van der Waals surface area contributed by atoms with E-state index in [0.29, 0.717) is 0 Å². The first-order chi connectivity index (χ1) is 12.6. The second kappa shape index (κ2) is 12.5. The van der Waals surface area contributed by atoms with Gasteiger partial charge in [0, 0.05) is 6.54 Å². The summed E-state index contributed by atoms with van der Waals surface area (Å²) in [4.78, 5) is 57.0. The van der Waals surface area contributed by atoms with Crippen molar-refractivity contribution in [1.82, 2.24) is 21.3 Å². The van der Waals surface area contributed by atoms with Crippen LogP contribution in [0, 0.1) is 5.92 Å². The molecule has 0 saturated carbocycles. The van der Waals surface area contributed by atoms with E-state index in [9.17, 15) is 29.1 Å². The zero-order chi connectivity index (χ0) is 21.0. The van der Waals surface area contributed by atoms with Gasteiger partial charge >= 0.3 is 12.0 Å². The molecule has 0 radical (unpaired) electrons. The Balaban J connectivity index is 4.72. The van der Waals surface area contributed by atoms with Gasteiger partial charge in [0.25, 0.3) is 0 Å². The number of aliphatic hydroxyl groups excluding tert-OH is 1. The van der Waals surface area contributed by atoms with Gasteiger partial charge in [-0.2, -0.15) is 0 Å². The number of rotatable bonds is 12. The fraction of sp³-hybridized carbons (Fsp3) is 0.667. The van der Waals surface area contributed by atoms with E-state index in [1.165, 1.54) is 0 Å². The lowest BCUT2D eigenvalue weighted by molar-refractivity contribution is -0.142. The lowest BCUT2D eigenvalue weighted by atomic mass is 10.0. The quantitative estimate of drug-likeness (QED) is 0.175. The Morgan fingerprint density at radius 2 is 1.63 bits per heavy atom. The van der Waals surface area contributed by atoms with Gasteiger partial charge in [-0.15, -0.1) is 0 Å². The zero-order valence-electron chi connectivity index (χ0n) is 15.3. The van der Waals surface area contributed by atoms with Crippen molar-refractivity contribution in [3.05, 3.63) is 0 Å². The molecule has 0 saturated heterocycles. The second-order valence-electron chi connectivity index (χ2n) is 6.06. The molecule has 2 atom stereocenters. The summed E-state index contributed by atoms with van der Waals surface area (Å²) in [6.45, 7) is 2.26. The molecule has 0 aliphatic rings. The first-order valence-electron chi connectivity index (χ1n) is 8.31. The Morgan fingerprint density at radius 3 is 2.11 bits per heavy atom. The summed E-state index contributed by atoms with van der Waals surface area (Å²) in [6.07, 6.45) is 0.318. The molecule has 0 unspecified atom stereocenters. The smallest absolute Gasteiger partial charge is 0.326 e. The molecular formula is C15H27N5O7. The number of urea groups is 1. The molecule has 27 heavy (non-hydrogen) atoms. The molecule has 0 aliphatic carbocycles. The van der Waals surface area contributed by atoms with E-state index < -0.39 is 55.0 Å². The lowest BCUT2D eigenvalue weighted by Crippen LogP contribution is -2.55. The van der Waals surface area contributed by atoms with E-state index in [1.54, 1.807) is 13.8 Å². The minimum absolute atomic E-state index is 0.0483. The topological polar surface area (TPSA) is 200 Å². The van der Waals surface area contributed by atoms with Crippen molar-refractivity contribution in [2.45, 2.75) is 38.8 Å². The molecular weight excluding hydrogens is 362 g/mol. The Labute approximate surface area is 156 Å². The number of amides is 5. The third-order valence-corrected chi connectivity index (χ3v) is 3.44. The number of carboxylic acid groups (broad SMARTS) is 1. The Kier molecular flexibility index (Phi) is 11.1. The maximum absolute atomic E-state index is 12.4. The molecule has 0 aliphatic heterocycles. The predicted octanol–water partition coefficient (Wildman–Crippen LogP) is -2.75. The zero-order valence-corrected chi connectivity index (χ0v) is 15.3. The highest BCUT2D eigenvalue weighted by atomic mass is 16.4. The van der Waals surface area contributed by atoms with Crippen LogP contribution in [0.25, 0.3) is 0 Å². The number of carboxylic acids is 1. The van der Waals surface area contributed by atoms with E-state index in [2.05, 4.69) is 21.3 Å². The molecule has 0 spiro atoms. The van der Waals surface area contributed by atoms with Gasteiger partial charge in [-0.25, -0.2) is 9.59 Å². The first-order valence-corrected chi connectivity index (χ1v) is 8.31. The Bertz CT molecular complexity index is 553. The normalized spacial score (nSPS) is 12.6. The molecule has 5 amide bonds. The third kappa shape index (κ3) is 10.6. The molecule has 0 aromatic heterocycles. The summed E-state index contributed by atoms with van der Waals surface area (Å²) in [6, 6.07) is -2.96. The van der Waals surface area contributed by atoms with E-state index in [0.717, 1.165) is 0 Å². The number of hydrogen-bond donors (Lipinski definition) is 7. The number of hydrogen-bond acceptors (Lipinski definition) is 6. The monoisotopic (exact) mass is 389 g/mol. The van der Waals surface area contributed by atoms with Gasteiger partial charge in [0.1, 0.15) is 18.7 Å². The van der Waals surface area contributed by atoms with Crippen molar-refractivity contribution in [2.24, 2.45) is 11.7 Å². The minimum Gasteiger partial charge on any atom is -0.480 e. The summed E-state index contributed by atoms with van der Waals surface area (Å²) in [5.74, 6) is -3.71. The molecule has 0 aromatic carbocycles. The highest BCUT2D eigenvalue weighted by Crippen LogP contribution is 2.04. The molecule has 8 N–H and O–H groups in total. The number of primary amides is 1. The number of aliphatic hydroxyl groups is 1. The minimum atomic E-state index is -1.26. The van der Waals surface area contributed by atoms with Crippen molar-refractivity contribution >= 4 is 29.7 Å². The summed E-state index contributed by atoms with van der Waals surface area (Å²) in [5.41, 5.74) is 4.91. The number of nitrogens with two attached hydrogens (primary N) is 1. The van der Waals surface area contributed by atoms with Crippen molar-refractivity contribution in [1.29, 1.82) is 0 Å². The van der Waals surface area contributed by atoms with Gasteiger partial charge in [0.15, 0.2) is 0 Å². The standard InChI is InChI=1S/C15H27N5O7/c1-8(2)12(20-10(22)6-18-11(23)7-21)13(24)19-9(14(25)26)4-3-5-17-15(16)27/h8-9,12,21H,3-7H2,1-2H3,(H,18,23)(H,19,24)(H,20,22)(H,25,26)(H3,16,17,27)/t9-,12-/m0/s1. The Morgan fingerprint density at radius 1 is 1.00 bits per heavy atom. The SMILES string of the molecule is CC(C)[C@H](NC(=O)CNC(=O)CO)C(=O)N[C@@H](CCCNC(N)=O)C(=O)O. The van der Waals surface area contributed by atoms with Crippen molar-refractivity contribution < 1.29 is 34.2 Å². The molecule has 0 heterocycles. The van der Waals surface area contributed by atoms with Crippen LogP contribution in [0.3, 0.4) is 0 Å². The average Bonchev–Trinajstić information content (AvgIpc) is 2.59. The fourth-order valence-electron chi connectivity index (χ4n) is 2.03. The highest BCUT2D eigenvalue weighted by molar-refractivity contribution is 5.92. The van der Waals surface area contributed by atoms with Crippen molar-refractivity contribution in [2.75, 3.05) is 19.7 Å². The predicted molar refractivity (Wildman–Crippen MR) is 93.3 cm³/mol. The summed E-state index contributed by atoms with van der Waals surface area (Å²) in [5, 5.41) is 27.0. The molecule has 0 fully saturated rings. The average molecular weight is 389 g/mol. The van der Waals surface area contributed by atoms with Crippen molar-refractivity contribution in [3.8, 4) is 0 Å². The summed E-state index contributed by atoms with van der Waals surface area (Å²) < 4.78 is 0. The van der Waals surface area contributed by atoms with E-state index in [-0.39, 0.29) is 25.3 Å². The number of carbonyl (C=O) groups is 5. The van der Waals surface area contributed by atoms with Gasteiger partial charge in [0.05, 0.1) is 6.54 Å². The second-order valence-corrected chi connectivity index (χ2v) is 6.06. The molecule has 12 nitrogen and oxygen atoms in total. The summed E-state index contributed by atoms with van der Waals surface area (Å²) >= 11 is 0. The van der Waals surface area contributed by atoms with Gasteiger partial charge in [-0.05, 0) is 18.8 Å². The lowest BCUT2D eigenvalue weighted by Gasteiger charge is -2.24. The molecule has 0 bridgehead atoms. The van der Waals surface area contributed by atoms with E-state index in [4.69, 9.17) is 10.8 Å². The van der Waals surface area contributed by atoms with Crippen LogP contribution in [-0.4, -0.2) is 71.7 Å². The van der Waals surface area contributed by atoms with Crippen LogP contribution in [0.5, 0.6) is 0 Å². The van der Waals surface area contributed by atoms with Gasteiger partial charge in [-0.3, -0.25) is 14.4 Å². The molecule has 12 heteroatoms. The van der Waals surface area contributed by atoms with Crippen LogP contribution in [0.1, 0.15) is 26.7 Å². The van der Waals surface area contributed by atoms with Crippen LogP contribution in [0.15, 0.2) is 0 Å². The maximum Gasteiger partial charge on any atom is 0.326 e. The molecule has 0 aromatic rings. The largest absolute Gasteiger partial charge is 0.480 e. The summed E-state index contributed by atoms with van der Waals surface area (Å²) in [7, 11) is 0. The highest BCUT2D eigenvalue weighted by Gasteiger charge is 2.28. The van der Waals surface area contributed by atoms with Crippen LogP contribution >= 0.6 is 0 Å².